The molecule has 2 aromatic heterocycles. The van der Waals surface area contributed by atoms with Crippen LogP contribution in [0.3, 0.4) is 0 Å². The van der Waals surface area contributed by atoms with E-state index in [-0.39, 0.29) is 27.5 Å². The molecule has 3 heterocycles. The minimum atomic E-state index is -0.584. The molecule has 9 heteroatoms. The summed E-state index contributed by atoms with van der Waals surface area (Å²) in [6.07, 6.45) is 1.32. The Balaban J connectivity index is 1.72. The number of aryl methyl sites for hydroxylation is 1. The number of pyridine rings is 1. The molecule has 0 atom stereocenters. The first kappa shape index (κ1) is 18.7. The van der Waals surface area contributed by atoms with Gasteiger partial charge in [-0.05, 0) is 49.4 Å². The quantitative estimate of drug-likeness (QED) is 0.412. The first-order valence-electron chi connectivity index (χ1n) is 8.85. The monoisotopic (exact) mass is 440 g/mol. The topological polar surface area (TPSA) is 68.1 Å². The molecule has 0 saturated carbocycles. The van der Waals surface area contributed by atoms with Crippen LogP contribution in [0.25, 0.3) is 16.7 Å². The van der Waals surface area contributed by atoms with Crippen molar-refractivity contribution in [3.8, 4) is 5.69 Å². The average molecular weight is 441 g/mol. The minimum Gasteiger partial charge on any atom is -0.268 e. The molecule has 2 amide bonds. The SMILES string of the molecule is Cc1nn(-c2ccc(Cl)cc2F)c2ncc3c(c12)C(=O)N(c1ccc(Cl)cc1)C3=O. The van der Waals surface area contributed by atoms with Gasteiger partial charge >= 0.3 is 0 Å². The number of anilines is 1. The van der Waals surface area contributed by atoms with Gasteiger partial charge in [0.05, 0.1) is 27.9 Å². The van der Waals surface area contributed by atoms with E-state index in [0.29, 0.717) is 21.8 Å². The van der Waals surface area contributed by atoms with Gasteiger partial charge in [-0.3, -0.25) is 9.59 Å². The molecule has 1 aliphatic rings. The van der Waals surface area contributed by atoms with Crippen molar-refractivity contribution in [1.29, 1.82) is 0 Å². The zero-order valence-electron chi connectivity index (χ0n) is 15.4. The van der Waals surface area contributed by atoms with Gasteiger partial charge in [0.15, 0.2) is 5.65 Å². The Bertz CT molecular complexity index is 1380. The number of hydrogen-bond acceptors (Lipinski definition) is 4. The third-order valence-corrected chi connectivity index (χ3v) is 5.43. The summed E-state index contributed by atoms with van der Waals surface area (Å²) in [5, 5.41) is 5.50. The lowest BCUT2D eigenvalue weighted by molar-refractivity contribution is 0.0926. The van der Waals surface area contributed by atoms with Crippen molar-refractivity contribution in [3.05, 3.63) is 81.3 Å². The van der Waals surface area contributed by atoms with Gasteiger partial charge in [0, 0.05) is 16.2 Å². The lowest BCUT2D eigenvalue weighted by Gasteiger charge is -2.13. The fourth-order valence-corrected chi connectivity index (χ4v) is 3.89. The molecule has 0 fully saturated rings. The van der Waals surface area contributed by atoms with Crippen LogP contribution in [-0.2, 0) is 0 Å². The normalized spacial score (nSPS) is 13.4. The van der Waals surface area contributed by atoms with Gasteiger partial charge < -0.3 is 0 Å². The van der Waals surface area contributed by atoms with Crippen molar-refractivity contribution in [3.63, 3.8) is 0 Å². The summed E-state index contributed by atoms with van der Waals surface area (Å²) in [7, 11) is 0. The molecule has 2 aromatic carbocycles. The number of halogens is 3. The summed E-state index contributed by atoms with van der Waals surface area (Å²) in [5.41, 5.74) is 1.61. The zero-order valence-corrected chi connectivity index (χ0v) is 16.9. The Morgan fingerprint density at radius 2 is 1.67 bits per heavy atom. The van der Waals surface area contributed by atoms with Crippen LogP contribution < -0.4 is 4.90 Å². The van der Waals surface area contributed by atoms with E-state index in [2.05, 4.69) is 10.1 Å². The molecule has 148 valence electrons. The van der Waals surface area contributed by atoms with Crippen LogP contribution in [0, 0.1) is 12.7 Å². The number of carbonyl (C=O) groups is 2. The summed E-state index contributed by atoms with van der Waals surface area (Å²) >= 11 is 11.8. The number of benzene rings is 2. The van der Waals surface area contributed by atoms with E-state index in [4.69, 9.17) is 23.2 Å². The van der Waals surface area contributed by atoms with Crippen LogP contribution in [0.1, 0.15) is 26.4 Å². The molecule has 30 heavy (non-hydrogen) atoms. The first-order chi connectivity index (χ1) is 14.4. The highest BCUT2D eigenvalue weighted by atomic mass is 35.5. The summed E-state index contributed by atoms with van der Waals surface area (Å²) < 4.78 is 15.8. The number of aromatic nitrogens is 3. The maximum atomic E-state index is 14.5. The van der Waals surface area contributed by atoms with E-state index in [1.807, 2.05) is 0 Å². The van der Waals surface area contributed by atoms with Gasteiger partial charge in [0.1, 0.15) is 11.5 Å². The van der Waals surface area contributed by atoms with E-state index >= 15 is 0 Å². The second kappa shape index (κ2) is 6.62. The van der Waals surface area contributed by atoms with Crippen LogP contribution in [0.2, 0.25) is 10.0 Å². The number of imide groups is 1. The molecule has 0 aliphatic carbocycles. The molecule has 0 bridgehead atoms. The molecular weight excluding hydrogens is 430 g/mol. The molecule has 1 aliphatic heterocycles. The van der Waals surface area contributed by atoms with Crippen molar-refractivity contribution >= 4 is 51.7 Å². The van der Waals surface area contributed by atoms with Crippen molar-refractivity contribution in [1.82, 2.24) is 14.8 Å². The molecular formula is C21H11Cl2FN4O2. The standard InChI is InChI=1S/C21H11Cl2FN4O2/c1-10-17-18-14(20(29)27(21(18)30)13-5-2-11(22)3-6-13)9-25-19(17)28(26-10)16-7-4-12(23)8-15(16)24/h2-9H,1H3. The van der Waals surface area contributed by atoms with E-state index in [1.165, 1.54) is 29.1 Å². The summed E-state index contributed by atoms with van der Waals surface area (Å²) in [6, 6.07) is 10.6. The maximum Gasteiger partial charge on any atom is 0.267 e. The average Bonchev–Trinajstić information content (AvgIpc) is 3.17. The highest BCUT2D eigenvalue weighted by Crippen LogP contribution is 2.35. The van der Waals surface area contributed by atoms with Gasteiger partial charge in [-0.2, -0.15) is 5.10 Å². The zero-order chi connectivity index (χ0) is 21.2. The predicted molar refractivity (Wildman–Crippen MR) is 111 cm³/mol. The smallest absolute Gasteiger partial charge is 0.267 e. The van der Waals surface area contributed by atoms with Crippen LogP contribution >= 0.6 is 23.2 Å². The molecule has 0 radical (unpaired) electrons. The third-order valence-electron chi connectivity index (χ3n) is 4.94. The summed E-state index contributed by atoms with van der Waals surface area (Å²) in [4.78, 5) is 31.6. The van der Waals surface area contributed by atoms with Gasteiger partial charge in [0.2, 0.25) is 0 Å². The van der Waals surface area contributed by atoms with Crippen LogP contribution in [-0.4, -0.2) is 26.6 Å². The van der Waals surface area contributed by atoms with E-state index < -0.39 is 17.6 Å². The molecule has 0 spiro atoms. The fourth-order valence-electron chi connectivity index (χ4n) is 3.61. The van der Waals surface area contributed by atoms with Gasteiger partial charge in [-0.1, -0.05) is 23.2 Å². The predicted octanol–water partition coefficient (Wildman–Crippen LogP) is 4.98. The summed E-state index contributed by atoms with van der Waals surface area (Å²) in [5.74, 6) is -1.57. The Kier molecular flexibility index (Phi) is 4.13. The van der Waals surface area contributed by atoms with Gasteiger partial charge in [-0.25, -0.2) is 19.0 Å². The minimum absolute atomic E-state index is 0.135. The molecule has 5 rings (SSSR count). The number of amides is 2. The third kappa shape index (κ3) is 2.63. The Morgan fingerprint density at radius 3 is 2.37 bits per heavy atom. The second-order valence-electron chi connectivity index (χ2n) is 6.76. The number of rotatable bonds is 2. The van der Waals surface area contributed by atoms with E-state index in [9.17, 15) is 14.0 Å². The van der Waals surface area contributed by atoms with Crippen molar-refractivity contribution in [2.24, 2.45) is 0 Å². The number of nitrogens with zero attached hydrogens (tertiary/aromatic N) is 4. The van der Waals surface area contributed by atoms with Crippen molar-refractivity contribution < 1.29 is 14.0 Å². The summed E-state index contributed by atoms with van der Waals surface area (Å²) in [6.45, 7) is 1.68. The highest BCUT2D eigenvalue weighted by Gasteiger charge is 2.40. The Labute approximate surface area is 179 Å². The Hall–Kier alpha value is -3.29. The lowest BCUT2D eigenvalue weighted by Crippen LogP contribution is -2.29. The maximum absolute atomic E-state index is 14.5. The van der Waals surface area contributed by atoms with Crippen LogP contribution in [0.15, 0.2) is 48.7 Å². The van der Waals surface area contributed by atoms with Gasteiger partial charge in [-0.15, -0.1) is 0 Å². The Morgan fingerprint density at radius 1 is 0.967 bits per heavy atom. The van der Waals surface area contributed by atoms with Crippen LogP contribution in [0.4, 0.5) is 10.1 Å². The molecule has 0 N–H and O–H groups in total. The largest absolute Gasteiger partial charge is 0.268 e. The van der Waals surface area contributed by atoms with Crippen molar-refractivity contribution in [2.45, 2.75) is 6.92 Å². The fraction of sp³-hybridized carbons (Fsp3) is 0.0476. The second-order valence-corrected chi connectivity index (χ2v) is 7.63. The molecule has 0 unspecified atom stereocenters. The van der Waals surface area contributed by atoms with Gasteiger partial charge in [0.25, 0.3) is 11.8 Å². The first-order valence-corrected chi connectivity index (χ1v) is 9.60. The van der Waals surface area contributed by atoms with E-state index in [0.717, 1.165) is 4.90 Å². The number of hydrogen-bond donors (Lipinski definition) is 0. The lowest BCUT2D eigenvalue weighted by atomic mass is 10.1. The molecule has 4 aromatic rings. The van der Waals surface area contributed by atoms with Crippen molar-refractivity contribution in [2.75, 3.05) is 4.90 Å². The molecule has 0 saturated heterocycles. The van der Waals surface area contributed by atoms with E-state index in [1.54, 1.807) is 31.2 Å². The highest BCUT2D eigenvalue weighted by molar-refractivity contribution is 6.37. The number of carbonyl (C=O) groups excluding carboxylic acids is 2. The van der Waals surface area contributed by atoms with Crippen LogP contribution in [0.5, 0.6) is 0 Å². The number of fused-ring (bicyclic) bond motifs is 3. The molecule has 6 nitrogen and oxygen atoms in total.